The van der Waals surface area contributed by atoms with Crippen LogP contribution in [0.4, 0.5) is 0 Å². The zero-order valence-electron chi connectivity index (χ0n) is 19.7. The first kappa shape index (κ1) is 22.6. The molecule has 8 nitrogen and oxygen atoms in total. The Balaban J connectivity index is 1.51. The Labute approximate surface area is 201 Å². The summed E-state index contributed by atoms with van der Waals surface area (Å²) in [4.78, 5) is 26.9. The van der Waals surface area contributed by atoms with E-state index in [2.05, 4.69) is 0 Å². The maximum Gasteiger partial charge on any atom is 0.336 e. The second-order valence-corrected chi connectivity index (χ2v) is 8.37. The van der Waals surface area contributed by atoms with E-state index in [1.54, 1.807) is 37.3 Å². The summed E-state index contributed by atoms with van der Waals surface area (Å²) >= 11 is 0. The number of benzene rings is 2. The first-order chi connectivity index (χ1) is 17.0. The third kappa shape index (κ3) is 4.23. The molecule has 0 saturated carbocycles. The monoisotopic (exact) mass is 475 g/mol. The highest BCUT2D eigenvalue weighted by molar-refractivity contribution is 5.92. The van der Waals surface area contributed by atoms with Gasteiger partial charge in [-0.25, -0.2) is 4.79 Å². The van der Waals surface area contributed by atoms with Crippen LogP contribution in [0.2, 0.25) is 0 Å². The molecule has 5 rings (SSSR count). The zero-order chi connectivity index (χ0) is 24.5. The third-order valence-electron chi connectivity index (χ3n) is 6.33. The van der Waals surface area contributed by atoms with Crippen LogP contribution in [0.3, 0.4) is 0 Å². The Morgan fingerprint density at radius 1 is 1.09 bits per heavy atom. The Morgan fingerprint density at radius 2 is 1.89 bits per heavy atom. The number of fused-ring (bicyclic) bond motifs is 2. The number of rotatable bonds is 6. The quantitative estimate of drug-likeness (QED) is 0.378. The molecule has 0 N–H and O–H groups in total. The van der Waals surface area contributed by atoms with Gasteiger partial charge in [-0.3, -0.25) is 4.79 Å². The van der Waals surface area contributed by atoms with Crippen LogP contribution in [0, 0.1) is 6.92 Å². The highest BCUT2D eigenvalue weighted by Crippen LogP contribution is 2.39. The molecule has 8 heteroatoms. The van der Waals surface area contributed by atoms with Crippen LogP contribution in [-0.2, 0) is 6.42 Å². The molecular weight excluding hydrogens is 450 g/mol. The topological polar surface area (TPSA) is 91.4 Å². The Morgan fingerprint density at radius 3 is 2.63 bits per heavy atom. The van der Waals surface area contributed by atoms with Crippen LogP contribution >= 0.6 is 0 Å². The first-order valence-electron chi connectivity index (χ1n) is 11.2. The number of hydrogen-bond acceptors (Lipinski definition) is 7. The number of carbonyl (C=O) groups excluding carboxylic acids is 1. The lowest BCUT2D eigenvalue weighted by molar-refractivity contribution is 0.0557. The molecule has 0 bridgehead atoms. The van der Waals surface area contributed by atoms with E-state index in [9.17, 15) is 9.59 Å². The molecule has 1 aliphatic heterocycles. The molecule has 1 aliphatic rings. The molecule has 0 fully saturated rings. The summed E-state index contributed by atoms with van der Waals surface area (Å²) in [6, 6.07) is 13.6. The summed E-state index contributed by atoms with van der Waals surface area (Å²) < 4.78 is 27.9. The van der Waals surface area contributed by atoms with Gasteiger partial charge in [-0.15, -0.1) is 0 Å². The van der Waals surface area contributed by atoms with Crippen molar-refractivity contribution in [1.29, 1.82) is 0 Å². The maximum atomic E-state index is 13.3. The summed E-state index contributed by atoms with van der Waals surface area (Å²) in [6.07, 6.45) is 2.13. The number of amides is 1. The highest BCUT2D eigenvalue weighted by atomic mass is 16.5. The fraction of sp³-hybridized carbons (Fsp3) is 0.259. The van der Waals surface area contributed by atoms with Crippen molar-refractivity contribution in [3.63, 3.8) is 0 Å². The number of hydrogen-bond donors (Lipinski definition) is 0. The zero-order valence-corrected chi connectivity index (χ0v) is 19.7. The van der Waals surface area contributed by atoms with E-state index in [1.807, 2.05) is 31.2 Å². The van der Waals surface area contributed by atoms with Crippen molar-refractivity contribution in [2.24, 2.45) is 0 Å². The smallest absolute Gasteiger partial charge is 0.336 e. The molecule has 0 saturated heterocycles. The van der Waals surface area contributed by atoms with Crippen molar-refractivity contribution >= 4 is 16.9 Å². The van der Waals surface area contributed by atoms with Crippen LogP contribution in [-0.4, -0.2) is 38.2 Å². The average Bonchev–Trinajstić information content (AvgIpc) is 3.40. The minimum Gasteiger partial charge on any atom is -0.493 e. The van der Waals surface area contributed by atoms with Gasteiger partial charge < -0.3 is 27.9 Å². The summed E-state index contributed by atoms with van der Waals surface area (Å²) in [6.45, 7) is 2.52. The van der Waals surface area contributed by atoms with Gasteiger partial charge in [-0.2, -0.15) is 0 Å². The van der Waals surface area contributed by atoms with Crippen LogP contribution < -0.4 is 19.8 Å². The first-order valence-corrected chi connectivity index (χ1v) is 11.2. The van der Waals surface area contributed by atoms with E-state index < -0.39 is 11.7 Å². The SMILES string of the molecule is COc1cc2c(cc1OC)[C@@H](COc1ccc3c(C)cc(=O)oc3c1)N(C(=O)c1ccco1)CC2. The summed E-state index contributed by atoms with van der Waals surface area (Å²) in [5.74, 6) is 1.79. The van der Waals surface area contributed by atoms with Crippen molar-refractivity contribution in [3.8, 4) is 17.2 Å². The molecule has 0 spiro atoms. The van der Waals surface area contributed by atoms with Crippen LogP contribution in [0.25, 0.3) is 11.0 Å². The number of methoxy groups -OCH3 is 2. The maximum absolute atomic E-state index is 13.3. The fourth-order valence-corrected chi connectivity index (χ4v) is 4.56. The van der Waals surface area contributed by atoms with Gasteiger partial charge in [0.25, 0.3) is 5.91 Å². The van der Waals surface area contributed by atoms with Crippen LogP contribution in [0.1, 0.15) is 33.3 Å². The second-order valence-electron chi connectivity index (χ2n) is 8.37. The van der Waals surface area contributed by atoms with Gasteiger partial charge in [0.05, 0.1) is 26.5 Å². The van der Waals surface area contributed by atoms with E-state index in [4.69, 9.17) is 23.0 Å². The predicted molar refractivity (Wildman–Crippen MR) is 128 cm³/mol. The normalized spacial score (nSPS) is 15.1. The molecule has 180 valence electrons. The molecule has 2 aromatic heterocycles. The highest BCUT2D eigenvalue weighted by Gasteiger charge is 2.34. The van der Waals surface area contributed by atoms with Crippen molar-refractivity contribution in [1.82, 2.24) is 4.90 Å². The Bertz CT molecular complexity index is 1440. The second kappa shape index (κ2) is 9.21. The number of furan rings is 1. The van der Waals surface area contributed by atoms with Gasteiger partial charge >= 0.3 is 5.63 Å². The Hall–Kier alpha value is -4.20. The van der Waals surface area contributed by atoms with Crippen molar-refractivity contribution < 1.29 is 27.8 Å². The van der Waals surface area contributed by atoms with Gasteiger partial charge in [0.2, 0.25) is 0 Å². The molecule has 3 heterocycles. The van der Waals surface area contributed by atoms with E-state index >= 15 is 0 Å². The molecule has 0 radical (unpaired) electrons. The lowest BCUT2D eigenvalue weighted by Gasteiger charge is -2.37. The lowest BCUT2D eigenvalue weighted by atomic mass is 9.92. The van der Waals surface area contributed by atoms with Crippen LogP contribution in [0.5, 0.6) is 17.2 Å². The summed E-state index contributed by atoms with van der Waals surface area (Å²) in [7, 11) is 3.18. The molecule has 1 atom stereocenters. The molecular formula is C27H25NO7. The molecule has 0 aliphatic carbocycles. The summed E-state index contributed by atoms with van der Waals surface area (Å²) in [5.41, 5.74) is 2.84. The van der Waals surface area contributed by atoms with Crippen molar-refractivity contribution in [2.45, 2.75) is 19.4 Å². The van der Waals surface area contributed by atoms with Gasteiger partial charge in [0.15, 0.2) is 17.3 Å². The van der Waals surface area contributed by atoms with Crippen molar-refractivity contribution in [2.75, 3.05) is 27.4 Å². The van der Waals surface area contributed by atoms with Gasteiger partial charge in [0, 0.05) is 24.1 Å². The van der Waals surface area contributed by atoms with Crippen molar-refractivity contribution in [3.05, 3.63) is 87.7 Å². The number of ether oxygens (including phenoxy) is 3. The lowest BCUT2D eigenvalue weighted by Crippen LogP contribution is -2.42. The molecule has 35 heavy (non-hydrogen) atoms. The van der Waals surface area contributed by atoms with E-state index in [-0.39, 0.29) is 18.3 Å². The minimum atomic E-state index is -0.412. The number of carbonyl (C=O) groups is 1. The van der Waals surface area contributed by atoms with E-state index in [0.717, 1.165) is 22.1 Å². The molecule has 1 amide bonds. The Kier molecular flexibility index (Phi) is 5.94. The third-order valence-corrected chi connectivity index (χ3v) is 6.33. The number of nitrogens with zero attached hydrogens (tertiary/aromatic N) is 1. The summed E-state index contributed by atoms with van der Waals surface area (Å²) in [5, 5.41) is 0.839. The standard InChI is InChI=1S/C27H25NO7/c1-16-11-26(29)35-23-13-18(6-7-19(16)23)34-15-21-20-14-25(32-3)24(31-2)12-17(20)8-9-28(21)27(30)22-5-4-10-33-22/h4-7,10-14,21H,8-9,15H2,1-3H3/t21-/m1/s1. The number of aryl methyl sites for hydroxylation is 1. The molecule has 0 unspecified atom stereocenters. The molecule has 4 aromatic rings. The average molecular weight is 475 g/mol. The minimum absolute atomic E-state index is 0.177. The largest absolute Gasteiger partial charge is 0.493 e. The van der Waals surface area contributed by atoms with Crippen LogP contribution in [0.15, 0.2) is 68.4 Å². The molecule has 2 aromatic carbocycles. The van der Waals surface area contributed by atoms with E-state index in [0.29, 0.717) is 35.8 Å². The van der Waals surface area contributed by atoms with Gasteiger partial charge in [-0.05, 0) is 66.4 Å². The predicted octanol–water partition coefficient (Wildman–Crippen LogP) is 4.53. The van der Waals surface area contributed by atoms with E-state index in [1.165, 1.54) is 12.3 Å². The fourth-order valence-electron chi connectivity index (χ4n) is 4.56. The van der Waals surface area contributed by atoms with Gasteiger partial charge in [-0.1, -0.05) is 0 Å². The van der Waals surface area contributed by atoms with Gasteiger partial charge in [0.1, 0.15) is 17.9 Å².